The van der Waals surface area contributed by atoms with Crippen molar-refractivity contribution >= 4 is 74.9 Å². The summed E-state index contributed by atoms with van der Waals surface area (Å²) in [4.78, 5) is 94.1. The van der Waals surface area contributed by atoms with Crippen molar-refractivity contribution in [2.24, 2.45) is 44.4 Å². The molecule has 0 aromatic heterocycles. The predicted molar refractivity (Wildman–Crippen MR) is 186 cm³/mol. The van der Waals surface area contributed by atoms with E-state index in [4.69, 9.17) is 39.5 Å². The molecule has 6 atom stereocenters. The van der Waals surface area contributed by atoms with Gasteiger partial charge in [0, 0.05) is 31.5 Å². The number of carbonyl (C=O) groups excluding carboxylic acids is 6. The molecule has 18 N–H and O–H groups in total. The topological polar surface area (TPSA) is 381 Å². The second-order valence-electron chi connectivity index (χ2n) is 10.6. The van der Waals surface area contributed by atoms with E-state index in [9.17, 15) is 33.6 Å². The van der Waals surface area contributed by atoms with Crippen molar-refractivity contribution in [2.75, 3.05) is 24.6 Å². The largest absolute Gasteiger partial charge is 0.480 e. The van der Waals surface area contributed by atoms with Gasteiger partial charge in [0.15, 0.2) is 11.9 Å². The summed E-state index contributed by atoms with van der Waals surface area (Å²) in [5.41, 5.74) is 32.1. The fraction of sp³-hybridized carbons (Fsp3) is 0.654. The molecule has 0 bridgehead atoms. The SMILES string of the molecule is CC(=O)NC(CSSCC(N)C(=O)O)C(=O)NC(C)C(=O)NC(CCCN=C(N)N)C(=O)NC(C)C(=O)NC(CCCN=C(N)N)C(N)=O. The van der Waals surface area contributed by atoms with Crippen LogP contribution >= 0.6 is 21.6 Å². The average Bonchev–Trinajstić information content (AvgIpc) is 3.00. The quantitative estimate of drug-likeness (QED) is 0.0191. The fourth-order valence-corrected chi connectivity index (χ4v) is 5.93. The number of carbonyl (C=O) groups is 7. The van der Waals surface area contributed by atoms with Crippen molar-refractivity contribution < 1.29 is 38.7 Å². The number of rotatable bonds is 24. The molecule has 6 unspecified atom stereocenters. The molecule has 0 aliphatic heterocycles. The Morgan fingerprint density at radius 3 is 1.49 bits per heavy atom. The summed E-state index contributed by atoms with van der Waals surface area (Å²) in [6.45, 7) is 4.23. The van der Waals surface area contributed by atoms with Crippen molar-refractivity contribution in [2.45, 2.75) is 82.7 Å². The molecular weight excluding hydrogens is 687 g/mol. The molecule has 0 heterocycles. The molecular formula is C26H49N13O8S2. The molecule has 0 saturated carbocycles. The molecule has 0 aliphatic carbocycles. The molecule has 23 heteroatoms. The highest BCUT2D eigenvalue weighted by atomic mass is 33.1. The van der Waals surface area contributed by atoms with Crippen LogP contribution in [0.25, 0.3) is 0 Å². The maximum Gasteiger partial charge on any atom is 0.321 e. The van der Waals surface area contributed by atoms with Gasteiger partial charge < -0.3 is 66.1 Å². The minimum atomic E-state index is -1.21. The highest BCUT2D eigenvalue weighted by Gasteiger charge is 2.29. The van der Waals surface area contributed by atoms with Crippen LogP contribution in [0, 0.1) is 0 Å². The monoisotopic (exact) mass is 735 g/mol. The first kappa shape index (κ1) is 44.5. The first-order chi connectivity index (χ1) is 22.8. The molecule has 0 radical (unpaired) electrons. The van der Waals surface area contributed by atoms with Crippen LogP contribution in [-0.2, 0) is 33.6 Å². The Bertz CT molecular complexity index is 1220. The minimum Gasteiger partial charge on any atom is -0.480 e. The molecule has 0 rings (SSSR count). The summed E-state index contributed by atoms with van der Waals surface area (Å²) in [6.07, 6.45) is 0.724. The van der Waals surface area contributed by atoms with Gasteiger partial charge in [0.2, 0.25) is 35.4 Å². The minimum absolute atomic E-state index is 0.0267. The Morgan fingerprint density at radius 1 is 0.633 bits per heavy atom. The average molecular weight is 736 g/mol. The van der Waals surface area contributed by atoms with E-state index in [-0.39, 0.29) is 55.8 Å². The van der Waals surface area contributed by atoms with Gasteiger partial charge in [-0.3, -0.25) is 43.5 Å². The molecule has 49 heavy (non-hydrogen) atoms. The predicted octanol–water partition coefficient (Wildman–Crippen LogP) is -5.14. The third-order valence-electron chi connectivity index (χ3n) is 6.26. The van der Waals surface area contributed by atoms with Crippen LogP contribution in [0.1, 0.15) is 46.5 Å². The number of aliphatic carboxylic acids is 1. The molecule has 0 aromatic carbocycles. The van der Waals surface area contributed by atoms with E-state index < -0.39 is 77.7 Å². The number of amides is 6. The van der Waals surface area contributed by atoms with Crippen molar-refractivity contribution in [1.29, 1.82) is 0 Å². The normalized spacial score (nSPS) is 14.3. The highest BCUT2D eigenvalue weighted by molar-refractivity contribution is 8.76. The van der Waals surface area contributed by atoms with Crippen LogP contribution in [0.5, 0.6) is 0 Å². The van der Waals surface area contributed by atoms with Crippen molar-refractivity contribution in [1.82, 2.24) is 26.6 Å². The van der Waals surface area contributed by atoms with Crippen LogP contribution in [0.4, 0.5) is 0 Å². The lowest BCUT2D eigenvalue weighted by Crippen LogP contribution is -2.58. The lowest BCUT2D eigenvalue weighted by Gasteiger charge is -2.25. The molecule has 21 nitrogen and oxygen atoms in total. The van der Waals surface area contributed by atoms with Gasteiger partial charge in [-0.15, -0.1) is 0 Å². The number of aliphatic imine (C=N–C) groups is 2. The number of nitrogens with one attached hydrogen (secondary N) is 5. The molecule has 0 spiro atoms. The van der Waals surface area contributed by atoms with Crippen molar-refractivity contribution in [3.8, 4) is 0 Å². The fourth-order valence-electron chi connectivity index (χ4n) is 3.65. The van der Waals surface area contributed by atoms with E-state index in [1.54, 1.807) is 0 Å². The van der Waals surface area contributed by atoms with Gasteiger partial charge in [-0.25, -0.2) is 0 Å². The van der Waals surface area contributed by atoms with Crippen molar-refractivity contribution in [3.05, 3.63) is 0 Å². The summed E-state index contributed by atoms with van der Waals surface area (Å²) in [5.74, 6) is -5.71. The van der Waals surface area contributed by atoms with Crippen LogP contribution in [0.3, 0.4) is 0 Å². The second-order valence-corrected chi connectivity index (χ2v) is 13.2. The van der Waals surface area contributed by atoms with Crippen LogP contribution in [-0.4, -0.2) is 119 Å². The lowest BCUT2D eigenvalue weighted by molar-refractivity contribution is -0.138. The Kier molecular flexibility index (Phi) is 21.6. The molecule has 278 valence electrons. The molecule has 6 amide bonds. The summed E-state index contributed by atoms with van der Waals surface area (Å²) >= 11 is 0. The summed E-state index contributed by atoms with van der Waals surface area (Å²) < 4.78 is 0. The summed E-state index contributed by atoms with van der Waals surface area (Å²) in [7, 11) is 2.20. The van der Waals surface area contributed by atoms with E-state index in [0.29, 0.717) is 6.42 Å². The number of hydrogen-bond acceptors (Lipinski definition) is 12. The standard InChI is InChI=1S/C26H49N13O8S2/c1-12(20(42)38-16(19(28)41)6-4-8-33-25(29)30)35-22(44)17(7-5-9-34-26(31)32)39-21(43)13(2)36-23(45)18(37-14(3)40)11-49-48-10-15(27)24(46)47/h12-13,15-18H,4-11,27H2,1-3H3,(H2,28,41)(H,35,44)(H,36,45)(H,37,40)(H,38,42)(H,39,43)(H,46,47)(H4,29,30,33)(H4,31,32,34). The van der Waals surface area contributed by atoms with E-state index in [1.165, 1.54) is 20.8 Å². The first-order valence-corrected chi connectivity index (χ1v) is 17.5. The molecule has 0 fully saturated rings. The summed E-state index contributed by atoms with van der Waals surface area (Å²) in [5, 5.41) is 21.3. The lowest BCUT2D eigenvalue weighted by atomic mass is 10.1. The zero-order valence-corrected chi connectivity index (χ0v) is 29.2. The molecule has 0 aliphatic rings. The third-order valence-corrected chi connectivity index (χ3v) is 8.71. The van der Waals surface area contributed by atoms with Crippen LogP contribution in [0.2, 0.25) is 0 Å². The number of guanidine groups is 2. The zero-order valence-electron chi connectivity index (χ0n) is 27.6. The zero-order chi connectivity index (χ0) is 37.7. The van der Waals surface area contributed by atoms with Gasteiger partial charge in [0.25, 0.3) is 0 Å². The number of hydrogen-bond donors (Lipinski definition) is 12. The number of primary amides is 1. The Balaban J connectivity index is 5.50. The van der Waals surface area contributed by atoms with Gasteiger partial charge in [0.1, 0.15) is 36.3 Å². The number of nitrogens with zero attached hydrogens (tertiary/aromatic N) is 2. The Labute approximate surface area is 291 Å². The van der Waals surface area contributed by atoms with E-state index in [2.05, 4.69) is 36.6 Å². The highest BCUT2D eigenvalue weighted by Crippen LogP contribution is 2.22. The maximum absolute atomic E-state index is 13.2. The van der Waals surface area contributed by atoms with Gasteiger partial charge in [-0.1, -0.05) is 21.6 Å². The Morgan fingerprint density at radius 2 is 1.06 bits per heavy atom. The molecule has 0 saturated heterocycles. The summed E-state index contributed by atoms with van der Waals surface area (Å²) in [6, 6.07) is -6.83. The van der Waals surface area contributed by atoms with E-state index >= 15 is 0 Å². The van der Waals surface area contributed by atoms with Crippen LogP contribution in [0.15, 0.2) is 9.98 Å². The van der Waals surface area contributed by atoms with Gasteiger partial charge in [-0.05, 0) is 39.5 Å². The number of carboxylic acid groups (broad SMARTS) is 1. The van der Waals surface area contributed by atoms with E-state index in [0.717, 1.165) is 21.6 Å². The number of nitrogens with two attached hydrogens (primary N) is 6. The van der Waals surface area contributed by atoms with E-state index in [1.807, 2.05) is 0 Å². The van der Waals surface area contributed by atoms with Crippen molar-refractivity contribution in [3.63, 3.8) is 0 Å². The van der Waals surface area contributed by atoms with Crippen LogP contribution < -0.4 is 61.0 Å². The number of carboxylic acids is 1. The maximum atomic E-state index is 13.2. The van der Waals surface area contributed by atoms with Gasteiger partial charge in [-0.2, -0.15) is 0 Å². The van der Waals surface area contributed by atoms with Gasteiger partial charge in [0.05, 0.1) is 0 Å². The smallest absolute Gasteiger partial charge is 0.321 e. The third kappa shape index (κ3) is 20.5. The van der Waals surface area contributed by atoms with Gasteiger partial charge >= 0.3 is 5.97 Å². The Hall–Kier alpha value is -4.51. The second kappa shape index (κ2) is 23.8. The first-order valence-electron chi connectivity index (χ1n) is 15.0. The molecule has 0 aromatic rings.